The number of rotatable bonds is 5. The monoisotopic (exact) mass is 241 g/mol. The third kappa shape index (κ3) is 3.04. The number of hydrogen-bond acceptors (Lipinski definition) is 5. The summed E-state index contributed by atoms with van der Waals surface area (Å²) < 4.78 is 1.44. The Labute approximate surface area is 100 Å². The van der Waals surface area contributed by atoms with Crippen LogP contribution >= 0.6 is 0 Å². The van der Waals surface area contributed by atoms with E-state index in [0.29, 0.717) is 12.4 Å². The molecular formula is C11H19N3O3. The van der Waals surface area contributed by atoms with E-state index in [1.165, 1.54) is 4.57 Å². The highest BCUT2D eigenvalue weighted by Crippen LogP contribution is 2.17. The second-order valence-electron chi connectivity index (χ2n) is 4.65. The van der Waals surface area contributed by atoms with Crippen molar-refractivity contribution < 1.29 is 10.2 Å². The maximum absolute atomic E-state index is 11.8. The first-order chi connectivity index (χ1) is 7.93. The van der Waals surface area contributed by atoms with Gasteiger partial charge in [-0.3, -0.25) is 4.79 Å². The quantitative estimate of drug-likeness (QED) is 0.706. The van der Waals surface area contributed by atoms with Crippen LogP contribution in [0, 0.1) is 5.41 Å². The number of anilines is 1. The molecule has 1 heterocycles. The minimum atomic E-state index is -0.655. The van der Waals surface area contributed by atoms with Gasteiger partial charge in [0.05, 0.1) is 13.2 Å². The SMILES string of the molecule is CN(CC(C)(CO)CO)c1nccn(C)c1=O. The molecule has 0 unspecified atom stereocenters. The second kappa shape index (κ2) is 5.29. The molecule has 17 heavy (non-hydrogen) atoms. The van der Waals surface area contributed by atoms with Crippen molar-refractivity contribution in [2.75, 3.05) is 31.7 Å². The van der Waals surface area contributed by atoms with Gasteiger partial charge in [0.2, 0.25) is 0 Å². The fourth-order valence-electron chi connectivity index (χ4n) is 1.54. The fourth-order valence-corrected chi connectivity index (χ4v) is 1.54. The van der Waals surface area contributed by atoms with E-state index in [-0.39, 0.29) is 18.8 Å². The summed E-state index contributed by atoms with van der Waals surface area (Å²) in [6, 6.07) is 0. The standard InChI is InChI=1S/C11H19N3O3/c1-11(7-15,8-16)6-14(3)9-10(17)13(2)5-4-12-9/h4-5,15-16H,6-8H2,1-3H3. The van der Waals surface area contributed by atoms with Crippen molar-refractivity contribution in [2.45, 2.75) is 6.92 Å². The lowest BCUT2D eigenvalue weighted by Gasteiger charge is -2.30. The number of aromatic nitrogens is 2. The molecule has 0 aliphatic heterocycles. The Kier molecular flexibility index (Phi) is 4.25. The lowest BCUT2D eigenvalue weighted by Crippen LogP contribution is -2.41. The molecule has 96 valence electrons. The van der Waals surface area contributed by atoms with Gasteiger partial charge in [-0.25, -0.2) is 4.98 Å². The van der Waals surface area contributed by atoms with Crippen LogP contribution in [0.3, 0.4) is 0 Å². The molecule has 1 aromatic heterocycles. The van der Waals surface area contributed by atoms with Crippen LogP contribution < -0.4 is 10.5 Å². The number of aryl methyl sites for hydroxylation is 1. The van der Waals surface area contributed by atoms with E-state index in [4.69, 9.17) is 0 Å². The van der Waals surface area contributed by atoms with Crippen molar-refractivity contribution in [1.82, 2.24) is 9.55 Å². The minimum Gasteiger partial charge on any atom is -0.396 e. The summed E-state index contributed by atoms with van der Waals surface area (Å²) in [4.78, 5) is 17.5. The highest BCUT2D eigenvalue weighted by molar-refractivity contribution is 5.34. The molecule has 0 aromatic carbocycles. The first-order valence-corrected chi connectivity index (χ1v) is 5.38. The Morgan fingerprint density at radius 1 is 1.47 bits per heavy atom. The van der Waals surface area contributed by atoms with Crippen LogP contribution in [0.5, 0.6) is 0 Å². The fraction of sp³-hybridized carbons (Fsp3) is 0.636. The average Bonchev–Trinajstić information content (AvgIpc) is 2.32. The first-order valence-electron chi connectivity index (χ1n) is 5.38. The molecule has 2 N–H and O–H groups in total. The predicted octanol–water partition coefficient (Wildman–Crippen LogP) is -0.793. The largest absolute Gasteiger partial charge is 0.396 e. The van der Waals surface area contributed by atoms with Gasteiger partial charge < -0.3 is 19.7 Å². The van der Waals surface area contributed by atoms with Crippen LogP contribution in [0.4, 0.5) is 5.82 Å². The molecule has 6 heteroatoms. The molecule has 0 aliphatic carbocycles. The van der Waals surface area contributed by atoms with Crippen LogP contribution in [0.25, 0.3) is 0 Å². The zero-order chi connectivity index (χ0) is 13.1. The van der Waals surface area contributed by atoms with E-state index in [1.807, 2.05) is 0 Å². The van der Waals surface area contributed by atoms with E-state index >= 15 is 0 Å². The summed E-state index contributed by atoms with van der Waals surface area (Å²) in [5, 5.41) is 18.4. The van der Waals surface area contributed by atoms with Crippen molar-refractivity contribution >= 4 is 5.82 Å². The van der Waals surface area contributed by atoms with E-state index < -0.39 is 5.41 Å². The van der Waals surface area contributed by atoms with Crippen molar-refractivity contribution in [3.05, 3.63) is 22.7 Å². The Morgan fingerprint density at radius 2 is 2.06 bits per heavy atom. The molecule has 0 spiro atoms. The van der Waals surface area contributed by atoms with E-state index in [0.717, 1.165) is 0 Å². The third-order valence-electron chi connectivity index (χ3n) is 2.74. The summed E-state index contributed by atoms with van der Waals surface area (Å²) in [5.74, 6) is 0.308. The molecule has 0 radical (unpaired) electrons. The van der Waals surface area contributed by atoms with E-state index in [9.17, 15) is 15.0 Å². The zero-order valence-corrected chi connectivity index (χ0v) is 10.4. The van der Waals surface area contributed by atoms with Gasteiger partial charge in [0.1, 0.15) is 0 Å². The Balaban J connectivity index is 2.94. The first kappa shape index (κ1) is 13.7. The maximum atomic E-state index is 11.8. The summed E-state index contributed by atoms with van der Waals surface area (Å²) >= 11 is 0. The summed E-state index contributed by atoms with van der Waals surface area (Å²) in [5.41, 5.74) is -0.856. The van der Waals surface area contributed by atoms with Crippen LogP contribution in [0.15, 0.2) is 17.2 Å². The maximum Gasteiger partial charge on any atom is 0.293 e. The summed E-state index contributed by atoms with van der Waals surface area (Å²) in [6.07, 6.45) is 3.12. The van der Waals surface area contributed by atoms with Crippen LogP contribution in [0.1, 0.15) is 6.92 Å². The van der Waals surface area contributed by atoms with Crippen LogP contribution in [-0.4, -0.2) is 46.6 Å². The van der Waals surface area contributed by atoms with Gasteiger partial charge in [-0.2, -0.15) is 0 Å². The second-order valence-corrected chi connectivity index (χ2v) is 4.65. The normalized spacial score (nSPS) is 11.6. The molecule has 0 atom stereocenters. The molecule has 1 aromatic rings. The molecule has 6 nitrogen and oxygen atoms in total. The highest BCUT2D eigenvalue weighted by atomic mass is 16.3. The van der Waals surface area contributed by atoms with Gasteiger partial charge in [-0.05, 0) is 0 Å². The number of hydrogen-bond donors (Lipinski definition) is 2. The smallest absolute Gasteiger partial charge is 0.293 e. The van der Waals surface area contributed by atoms with Gasteiger partial charge in [0.15, 0.2) is 5.82 Å². The molecular weight excluding hydrogens is 222 g/mol. The molecule has 0 aliphatic rings. The van der Waals surface area contributed by atoms with Gasteiger partial charge >= 0.3 is 0 Å². The lowest BCUT2D eigenvalue weighted by molar-refractivity contribution is 0.0761. The molecule has 0 saturated heterocycles. The topological polar surface area (TPSA) is 78.6 Å². The zero-order valence-electron chi connectivity index (χ0n) is 10.4. The number of nitrogens with zero attached hydrogens (tertiary/aromatic N) is 3. The lowest BCUT2D eigenvalue weighted by atomic mass is 9.92. The molecule has 0 bridgehead atoms. The Bertz CT molecular complexity index is 426. The Hall–Kier alpha value is -1.40. The van der Waals surface area contributed by atoms with Crippen molar-refractivity contribution in [3.63, 3.8) is 0 Å². The van der Waals surface area contributed by atoms with Crippen molar-refractivity contribution in [3.8, 4) is 0 Å². The van der Waals surface area contributed by atoms with E-state index in [1.54, 1.807) is 38.3 Å². The molecule has 0 fully saturated rings. The highest BCUT2D eigenvalue weighted by Gasteiger charge is 2.25. The average molecular weight is 241 g/mol. The summed E-state index contributed by atoms with van der Waals surface area (Å²) in [7, 11) is 3.37. The predicted molar refractivity (Wildman–Crippen MR) is 65.0 cm³/mol. The number of aliphatic hydroxyl groups excluding tert-OH is 2. The van der Waals surface area contributed by atoms with Crippen LogP contribution in [-0.2, 0) is 7.05 Å². The van der Waals surface area contributed by atoms with Crippen molar-refractivity contribution in [2.24, 2.45) is 12.5 Å². The van der Waals surface area contributed by atoms with Gasteiger partial charge in [0, 0.05) is 38.4 Å². The van der Waals surface area contributed by atoms with Gasteiger partial charge in [-0.15, -0.1) is 0 Å². The third-order valence-corrected chi connectivity index (χ3v) is 2.74. The van der Waals surface area contributed by atoms with Crippen molar-refractivity contribution in [1.29, 1.82) is 0 Å². The summed E-state index contributed by atoms with van der Waals surface area (Å²) in [6.45, 7) is 1.80. The molecule has 1 rings (SSSR count). The van der Waals surface area contributed by atoms with Gasteiger partial charge in [0.25, 0.3) is 5.56 Å². The van der Waals surface area contributed by atoms with Gasteiger partial charge in [-0.1, -0.05) is 6.92 Å². The molecule has 0 amide bonds. The van der Waals surface area contributed by atoms with E-state index in [2.05, 4.69) is 4.98 Å². The molecule has 0 saturated carbocycles. The van der Waals surface area contributed by atoms with Crippen LogP contribution in [0.2, 0.25) is 0 Å². The number of aliphatic hydroxyl groups is 2. The Morgan fingerprint density at radius 3 is 2.59 bits per heavy atom. The minimum absolute atomic E-state index is 0.152.